The van der Waals surface area contributed by atoms with Crippen molar-refractivity contribution in [3.63, 3.8) is 0 Å². The zero-order valence-corrected chi connectivity index (χ0v) is 18.0. The Bertz CT molecular complexity index is 1090. The van der Waals surface area contributed by atoms with Gasteiger partial charge in [-0.25, -0.2) is 0 Å². The summed E-state index contributed by atoms with van der Waals surface area (Å²) >= 11 is 0. The molecular weight excluding hydrogens is 461 g/mol. The number of amides is 2. The molecule has 1 aliphatic heterocycles. The number of anilines is 2. The molecule has 2 N–H and O–H groups in total. The molecule has 10 nitrogen and oxygen atoms in total. The standard InChI is InChI=1S/C21H21F3N4O6/c1-27(11-19(29)25-14-6-3-2-5-13(14)21(22,23)24)12-20(30)26-15-9-17-18(10-16(15)28(31)32)34-8-4-7-33-17/h2-3,5-6,9-10H,4,7-8,11-12H2,1H3,(H,25,29)(H,26,30). The van der Waals surface area contributed by atoms with Crippen molar-refractivity contribution < 1.29 is 37.2 Å². The second kappa shape index (κ2) is 10.4. The van der Waals surface area contributed by atoms with Crippen LogP contribution in [-0.2, 0) is 15.8 Å². The number of hydrogen-bond donors (Lipinski definition) is 2. The highest BCUT2D eigenvalue weighted by Crippen LogP contribution is 2.39. The van der Waals surface area contributed by atoms with E-state index in [2.05, 4.69) is 10.6 Å². The molecule has 0 unspecified atom stereocenters. The van der Waals surface area contributed by atoms with Crippen LogP contribution >= 0.6 is 0 Å². The predicted molar refractivity (Wildman–Crippen MR) is 115 cm³/mol. The minimum absolute atomic E-state index is 0.115. The average Bonchev–Trinajstić information content (AvgIpc) is 2.97. The number of nitro groups is 1. The lowest BCUT2D eigenvalue weighted by atomic mass is 10.1. The molecule has 1 heterocycles. The first kappa shape index (κ1) is 24.8. The molecule has 0 spiro atoms. The maximum atomic E-state index is 13.1. The van der Waals surface area contributed by atoms with Crippen molar-refractivity contribution in [2.45, 2.75) is 12.6 Å². The highest BCUT2D eigenvalue weighted by molar-refractivity contribution is 5.96. The number of carbonyl (C=O) groups is 2. The molecule has 0 aliphatic carbocycles. The van der Waals surface area contributed by atoms with Gasteiger partial charge in [0.2, 0.25) is 11.8 Å². The van der Waals surface area contributed by atoms with Crippen LogP contribution < -0.4 is 20.1 Å². The normalized spacial score (nSPS) is 13.2. The van der Waals surface area contributed by atoms with Gasteiger partial charge in [-0.3, -0.25) is 24.6 Å². The summed E-state index contributed by atoms with van der Waals surface area (Å²) in [6.07, 6.45) is -4.06. The molecule has 0 fully saturated rings. The first-order valence-corrected chi connectivity index (χ1v) is 10.1. The summed E-state index contributed by atoms with van der Waals surface area (Å²) < 4.78 is 50.1. The molecule has 0 aromatic heterocycles. The molecule has 13 heteroatoms. The fourth-order valence-electron chi connectivity index (χ4n) is 3.21. The number of rotatable bonds is 7. The number of nitrogens with zero attached hydrogens (tertiary/aromatic N) is 2. The Kier molecular flexibility index (Phi) is 7.56. The Hall–Kier alpha value is -3.87. The van der Waals surface area contributed by atoms with E-state index >= 15 is 0 Å². The highest BCUT2D eigenvalue weighted by Gasteiger charge is 2.33. The molecule has 0 saturated heterocycles. The maximum absolute atomic E-state index is 13.1. The number of nitrogens with one attached hydrogen (secondary N) is 2. The Morgan fingerprint density at radius 1 is 1.03 bits per heavy atom. The number of nitro benzene ring substituents is 1. The van der Waals surface area contributed by atoms with Gasteiger partial charge >= 0.3 is 6.18 Å². The Morgan fingerprint density at radius 3 is 2.18 bits per heavy atom. The minimum Gasteiger partial charge on any atom is -0.489 e. The predicted octanol–water partition coefficient (Wildman–Crippen LogP) is 3.28. The molecule has 182 valence electrons. The van der Waals surface area contributed by atoms with Gasteiger partial charge in [0.05, 0.1) is 48.5 Å². The van der Waals surface area contributed by atoms with E-state index in [9.17, 15) is 32.9 Å². The zero-order valence-electron chi connectivity index (χ0n) is 18.0. The van der Waals surface area contributed by atoms with Gasteiger partial charge in [0.1, 0.15) is 5.69 Å². The molecule has 0 bridgehead atoms. The van der Waals surface area contributed by atoms with Gasteiger partial charge in [-0.15, -0.1) is 0 Å². The molecule has 3 rings (SSSR count). The van der Waals surface area contributed by atoms with E-state index in [1.165, 1.54) is 30.1 Å². The van der Waals surface area contributed by atoms with E-state index in [0.717, 1.165) is 18.2 Å². The molecule has 34 heavy (non-hydrogen) atoms. The maximum Gasteiger partial charge on any atom is 0.418 e. The first-order valence-electron chi connectivity index (χ1n) is 10.1. The monoisotopic (exact) mass is 482 g/mol. The quantitative estimate of drug-likeness (QED) is 0.459. The van der Waals surface area contributed by atoms with Crippen LogP contribution in [0.25, 0.3) is 0 Å². The van der Waals surface area contributed by atoms with Gasteiger partial charge in [0, 0.05) is 12.5 Å². The van der Waals surface area contributed by atoms with Crippen molar-refractivity contribution in [3.8, 4) is 11.5 Å². The largest absolute Gasteiger partial charge is 0.489 e. The Morgan fingerprint density at radius 2 is 1.59 bits per heavy atom. The molecule has 0 saturated carbocycles. The van der Waals surface area contributed by atoms with Gasteiger partial charge in [0.25, 0.3) is 5.69 Å². The number of para-hydroxylation sites is 1. The van der Waals surface area contributed by atoms with E-state index in [1.807, 2.05) is 0 Å². The summed E-state index contributed by atoms with van der Waals surface area (Å²) in [5, 5.41) is 16.0. The van der Waals surface area contributed by atoms with Crippen LogP contribution in [0.4, 0.5) is 30.2 Å². The lowest BCUT2D eigenvalue weighted by molar-refractivity contribution is -0.384. The fraction of sp³-hybridized carbons (Fsp3) is 0.333. The first-order chi connectivity index (χ1) is 16.0. The topological polar surface area (TPSA) is 123 Å². The van der Waals surface area contributed by atoms with Gasteiger partial charge in [0.15, 0.2) is 11.5 Å². The van der Waals surface area contributed by atoms with Crippen molar-refractivity contribution in [3.05, 3.63) is 52.1 Å². The minimum atomic E-state index is -4.65. The molecule has 2 aromatic carbocycles. The van der Waals surface area contributed by atoms with Crippen LogP contribution in [0.3, 0.4) is 0 Å². The summed E-state index contributed by atoms with van der Waals surface area (Å²) in [4.78, 5) is 36.6. The van der Waals surface area contributed by atoms with Crippen LogP contribution in [0, 0.1) is 10.1 Å². The van der Waals surface area contributed by atoms with Crippen LogP contribution in [0.2, 0.25) is 0 Å². The van der Waals surface area contributed by atoms with Crippen molar-refractivity contribution >= 4 is 28.9 Å². The summed E-state index contributed by atoms with van der Waals surface area (Å²) in [5.41, 5.74) is -1.91. The number of benzene rings is 2. The third kappa shape index (κ3) is 6.34. The summed E-state index contributed by atoms with van der Waals surface area (Å²) in [7, 11) is 1.40. The number of likely N-dealkylation sites (N-methyl/N-ethyl adjacent to an activating group) is 1. The highest BCUT2D eigenvalue weighted by atomic mass is 19.4. The van der Waals surface area contributed by atoms with Crippen molar-refractivity contribution in [1.82, 2.24) is 4.90 Å². The number of alkyl halides is 3. The van der Waals surface area contributed by atoms with Crippen LogP contribution in [0.1, 0.15) is 12.0 Å². The smallest absolute Gasteiger partial charge is 0.418 e. The van der Waals surface area contributed by atoms with E-state index in [-0.39, 0.29) is 23.7 Å². The van der Waals surface area contributed by atoms with E-state index in [4.69, 9.17) is 9.47 Å². The van der Waals surface area contributed by atoms with Gasteiger partial charge < -0.3 is 20.1 Å². The number of fused-ring (bicyclic) bond motifs is 1. The van der Waals surface area contributed by atoms with Crippen molar-refractivity contribution in [2.75, 3.05) is 44.0 Å². The Balaban J connectivity index is 1.63. The Labute approximate surface area is 191 Å². The second-order valence-electron chi connectivity index (χ2n) is 7.44. The van der Waals surface area contributed by atoms with Gasteiger partial charge in [-0.2, -0.15) is 13.2 Å². The lowest BCUT2D eigenvalue weighted by Gasteiger charge is -2.18. The molecule has 0 atom stereocenters. The van der Waals surface area contributed by atoms with E-state index in [0.29, 0.717) is 19.6 Å². The van der Waals surface area contributed by atoms with E-state index < -0.39 is 46.4 Å². The number of halogens is 3. The van der Waals surface area contributed by atoms with Gasteiger partial charge in [-0.1, -0.05) is 12.1 Å². The van der Waals surface area contributed by atoms with Crippen LogP contribution in [0.15, 0.2) is 36.4 Å². The third-order valence-electron chi connectivity index (χ3n) is 4.67. The molecule has 2 aromatic rings. The molecular formula is C21H21F3N4O6. The van der Waals surface area contributed by atoms with Gasteiger partial charge in [-0.05, 0) is 19.2 Å². The lowest BCUT2D eigenvalue weighted by Crippen LogP contribution is -2.36. The zero-order chi connectivity index (χ0) is 24.9. The molecule has 0 radical (unpaired) electrons. The van der Waals surface area contributed by atoms with Crippen molar-refractivity contribution in [1.29, 1.82) is 0 Å². The molecule has 1 aliphatic rings. The van der Waals surface area contributed by atoms with Crippen LogP contribution in [-0.4, -0.2) is 55.0 Å². The van der Waals surface area contributed by atoms with Crippen LogP contribution in [0.5, 0.6) is 11.5 Å². The van der Waals surface area contributed by atoms with Crippen molar-refractivity contribution in [2.24, 2.45) is 0 Å². The average molecular weight is 482 g/mol. The number of ether oxygens (including phenoxy) is 2. The number of hydrogen-bond acceptors (Lipinski definition) is 7. The molecule has 2 amide bonds. The third-order valence-corrected chi connectivity index (χ3v) is 4.67. The summed E-state index contributed by atoms with van der Waals surface area (Å²) in [6, 6.07) is 6.96. The SMILES string of the molecule is CN(CC(=O)Nc1cc2c(cc1[N+](=O)[O-])OCCCO2)CC(=O)Nc1ccccc1C(F)(F)F. The van der Waals surface area contributed by atoms with E-state index in [1.54, 1.807) is 0 Å². The summed E-state index contributed by atoms with van der Waals surface area (Å²) in [5.74, 6) is -1.01. The number of carbonyl (C=O) groups excluding carboxylic acids is 2. The summed E-state index contributed by atoms with van der Waals surface area (Å²) in [6.45, 7) is -0.0908. The second-order valence-corrected chi connectivity index (χ2v) is 7.44. The fourth-order valence-corrected chi connectivity index (χ4v) is 3.21.